The van der Waals surface area contributed by atoms with Gasteiger partial charge in [-0.3, -0.25) is 4.55 Å². The quantitative estimate of drug-likeness (QED) is 0.456. The standard InChI is InChI=1S/C7H13NO4S2/c1-2-12-8-6-4-3-5-7(6)13-14(9,10)11/h7H,2-5H2,1H3,(H,9,10,11)/b8-6+/t7-/m0/s1. The first-order valence-electron chi connectivity index (χ1n) is 4.37. The van der Waals surface area contributed by atoms with Crippen molar-refractivity contribution in [2.24, 2.45) is 5.16 Å². The second-order valence-electron chi connectivity index (χ2n) is 2.91. The third kappa shape index (κ3) is 3.85. The first kappa shape index (κ1) is 11.8. The van der Waals surface area contributed by atoms with Crippen molar-refractivity contribution in [2.45, 2.75) is 31.4 Å². The van der Waals surface area contributed by atoms with Crippen LogP contribution in [0, 0.1) is 0 Å². The molecular formula is C7H13NO4S2. The number of hydrogen-bond acceptors (Lipinski definition) is 5. The zero-order valence-electron chi connectivity index (χ0n) is 7.84. The Balaban J connectivity index is 2.60. The van der Waals surface area contributed by atoms with E-state index in [4.69, 9.17) is 9.39 Å². The van der Waals surface area contributed by atoms with Crippen LogP contribution in [-0.2, 0) is 14.0 Å². The lowest BCUT2D eigenvalue weighted by Crippen LogP contribution is -2.12. The summed E-state index contributed by atoms with van der Waals surface area (Å²) >= 11 is 0. The van der Waals surface area contributed by atoms with Gasteiger partial charge in [-0.2, -0.15) is 8.42 Å². The molecule has 1 atom stereocenters. The number of hydrogen-bond donors (Lipinski definition) is 1. The largest absolute Gasteiger partial charge is 0.396 e. The predicted octanol–water partition coefficient (Wildman–Crippen LogP) is 1.47. The summed E-state index contributed by atoms with van der Waals surface area (Å²) in [7, 11) is -3.45. The van der Waals surface area contributed by atoms with Gasteiger partial charge < -0.3 is 4.84 Å². The highest BCUT2D eigenvalue weighted by Crippen LogP contribution is 2.30. The van der Waals surface area contributed by atoms with Crippen molar-refractivity contribution >= 4 is 25.7 Å². The van der Waals surface area contributed by atoms with Gasteiger partial charge in [0.05, 0.1) is 11.0 Å². The lowest BCUT2D eigenvalue weighted by atomic mass is 10.3. The van der Waals surface area contributed by atoms with Gasteiger partial charge in [0.2, 0.25) is 0 Å². The van der Waals surface area contributed by atoms with Gasteiger partial charge in [-0.05, 0) is 26.2 Å². The highest BCUT2D eigenvalue weighted by molar-refractivity contribution is 8.70. The molecule has 0 aromatic carbocycles. The van der Waals surface area contributed by atoms with Gasteiger partial charge >= 0.3 is 9.15 Å². The molecule has 0 aromatic rings. The van der Waals surface area contributed by atoms with Gasteiger partial charge in [0.15, 0.2) is 0 Å². The fourth-order valence-electron chi connectivity index (χ4n) is 1.30. The number of nitrogens with zero attached hydrogens (tertiary/aromatic N) is 1. The van der Waals surface area contributed by atoms with E-state index in [9.17, 15) is 8.42 Å². The first-order chi connectivity index (χ1) is 6.53. The summed E-state index contributed by atoms with van der Waals surface area (Å²) in [6.45, 7) is 2.27. The van der Waals surface area contributed by atoms with E-state index in [1.54, 1.807) is 0 Å². The van der Waals surface area contributed by atoms with E-state index in [0.29, 0.717) is 17.4 Å². The van der Waals surface area contributed by atoms with Crippen LogP contribution in [0.25, 0.3) is 0 Å². The Morgan fingerprint density at radius 1 is 1.71 bits per heavy atom. The average Bonchev–Trinajstić information content (AvgIpc) is 2.45. The fourth-order valence-corrected chi connectivity index (χ4v) is 3.63. The van der Waals surface area contributed by atoms with Gasteiger partial charge in [-0.15, -0.1) is 0 Å². The van der Waals surface area contributed by atoms with Crippen LogP contribution in [0.3, 0.4) is 0 Å². The maximum absolute atomic E-state index is 10.6. The zero-order chi connectivity index (χ0) is 10.6. The van der Waals surface area contributed by atoms with E-state index >= 15 is 0 Å². The minimum absolute atomic E-state index is 0.253. The second-order valence-corrected chi connectivity index (χ2v) is 6.36. The summed E-state index contributed by atoms with van der Waals surface area (Å²) in [5, 5.41) is 3.57. The third-order valence-corrected chi connectivity index (χ3v) is 4.23. The van der Waals surface area contributed by atoms with E-state index in [1.807, 2.05) is 6.92 Å². The molecule has 14 heavy (non-hydrogen) atoms. The lowest BCUT2D eigenvalue weighted by molar-refractivity contribution is 0.158. The summed E-state index contributed by atoms with van der Waals surface area (Å²) in [6, 6.07) is 0. The molecule has 1 N–H and O–H groups in total. The molecule has 1 aliphatic rings. The van der Waals surface area contributed by atoms with Crippen LogP contribution in [0.15, 0.2) is 5.16 Å². The molecule has 0 spiro atoms. The Morgan fingerprint density at radius 2 is 2.43 bits per heavy atom. The number of rotatable bonds is 4. The topological polar surface area (TPSA) is 76.0 Å². The average molecular weight is 239 g/mol. The van der Waals surface area contributed by atoms with Crippen LogP contribution in [0.2, 0.25) is 0 Å². The van der Waals surface area contributed by atoms with Crippen LogP contribution in [0.1, 0.15) is 26.2 Å². The fraction of sp³-hybridized carbons (Fsp3) is 0.857. The molecule has 5 nitrogen and oxygen atoms in total. The van der Waals surface area contributed by atoms with Gasteiger partial charge in [0.1, 0.15) is 6.61 Å². The van der Waals surface area contributed by atoms with E-state index in [-0.39, 0.29) is 5.25 Å². The van der Waals surface area contributed by atoms with Crippen molar-refractivity contribution in [3.63, 3.8) is 0 Å². The van der Waals surface area contributed by atoms with Crippen molar-refractivity contribution in [3.05, 3.63) is 0 Å². The van der Waals surface area contributed by atoms with Gasteiger partial charge in [0, 0.05) is 10.8 Å². The molecule has 1 aliphatic carbocycles. The van der Waals surface area contributed by atoms with E-state index in [1.165, 1.54) is 0 Å². The predicted molar refractivity (Wildman–Crippen MR) is 55.8 cm³/mol. The molecule has 1 saturated carbocycles. The van der Waals surface area contributed by atoms with Crippen molar-refractivity contribution in [3.8, 4) is 0 Å². The van der Waals surface area contributed by atoms with Crippen LogP contribution in [-0.4, -0.2) is 30.5 Å². The minimum Gasteiger partial charge on any atom is -0.396 e. The van der Waals surface area contributed by atoms with Gasteiger partial charge in [-0.1, -0.05) is 5.16 Å². The van der Waals surface area contributed by atoms with Crippen LogP contribution in [0.4, 0.5) is 0 Å². The normalized spacial score (nSPS) is 25.6. The van der Waals surface area contributed by atoms with Crippen molar-refractivity contribution in [1.82, 2.24) is 0 Å². The Kier molecular flexibility index (Phi) is 4.21. The SMILES string of the molecule is CCO/N=C1\CCC[C@@H]1SS(=O)(=O)O. The minimum atomic E-state index is -3.99. The summed E-state index contributed by atoms with van der Waals surface area (Å²) in [5.74, 6) is 0. The Labute approximate surface area is 87.0 Å². The van der Waals surface area contributed by atoms with Crippen molar-refractivity contribution < 1.29 is 17.8 Å². The molecule has 0 bridgehead atoms. The van der Waals surface area contributed by atoms with Gasteiger partial charge in [-0.25, -0.2) is 0 Å². The molecule has 7 heteroatoms. The smallest absolute Gasteiger partial charge is 0.320 e. The molecule has 0 radical (unpaired) electrons. The van der Waals surface area contributed by atoms with E-state index < -0.39 is 9.15 Å². The van der Waals surface area contributed by atoms with Crippen LogP contribution < -0.4 is 0 Å². The highest BCUT2D eigenvalue weighted by atomic mass is 33.1. The molecule has 1 rings (SSSR count). The Hall–Kier alpha value is -0.270. The first-order valence-corrected chi connectivity index (χ1v) is 7.21. The molecule has 82 valence electrons. The third-order valence-electron chi connectivity index (χ3n) is 1.82. The maximum Gasteiger partial charge on any atom is 0.320 e. The van der Waals surface area contributed by atoms with Crippen molar-refractivity contribution in [1.29, 1.82) is 0 Å². The molecule has 0 saturated heterocycles. The molecule has 0 heterocycles. The molecule has 0 amide bonds. The molecule has 0 aliphatic heterocycles. The summed E-state index contributed by atoms with van der Waals surface area (Å²) in [6.07, 6.45) is 2.35. The van der Waals surface area contributed by atoms with Crippen LogP contribution in [0.5, 0.6) is 0 Å². The zero-order valence-corrected chi connectivity index (χ0v) is 9.47. The second kappa shape index (κ2) is 4.99. The molecule has 0 unspecified atom stereocenters. The monoisotopic (exact) mass is 239 g/mol. The van der Waals surface area contributed by atoms with E-state index in [0.717, 1.165) is 25.0 Å². The molecule has 1 fully saturated rings. The number of oxime groups is 1. The summed E-state index contributed by atoms with van der Waals surface area (Å²) < 4.78 is 29.9. The van der Waals surface area contributed by atoms with Gasteiger partial charge in [0.25, 0.3) is 0 Å². The Morgan fingerprint density at radius 3 is 3.00 bits per heavy atom. The van der Waals surface area contributed by atoms with Crippen molar-refractivity contribution in [2.75, 3.05) is 6.61 Å². The molecule has 0 aromatic heterocycles. The van der Waals surface area contributed by atoms with E-state index in [2.05, 4.69) is 5.16 Å². The summed E-state index contributed by atoms with van der Waals surface area (Å²) in [5.41, 5.74) is 0.717. The van der Waals surface area contributed by atoms with Crippen LogP contribution >= 0.6 is 10.8 Å². The summed E-state index contributed by atoms with van der Waals surface area (Å²) in [4.78, 5) is 4.86. The lowest BCUT2D eigenvalue weighted by Gasteiger charge is -2.06. The highest BCUT2D eigenvalue weighted by Gasteiger charge is 2.28. The molecular weight excluding hydrogens is 226 g/mol. The Bertz CT molecular complexity index is 312. The maximum atomic E-state index is 10.6.